The molecule has 18 heavy (non-hydrogen) atoms. The smallest absolute Gasteiger partial charge is 0.223 e. The highest BCUT2D eigenvalue weighted by Gasteiger charge is 2.21. The van der Waals surface area contributed by atoms with Crippen molar-refractivity contribution >= 4 is 5.91 Å². The minimum Gasteiger partial charge on any atom is -0.383 e. The average Bonchev–Trinajstić information content (AvgIpc) is 2.84. The van der Waals surface area contributed by atoms with Crippen LogP contribution < -0.4 is 5.32 Å². The topological polar surface area (TPSA) is 44.8 Å². The molecule has 1 fully saturated rings. The van der Waals surface area contributed by atoms with E-state index in [1.54, 1.807) is 7.11 Å². The van der Waals surface area contributed by atoms with Crippen LogP contribution in [0.25, 0.3) is 0 Å². The molecule has 1 rings (SSSR count). The van der Waals surface area contributed by atoms with Crippen LogP contribution in [0.5, 0.6) is 0 Å². The Morgan fingerprint density at radius 2 is 2.17 bits per heavy atom. The van der Waals surface area contributed by atoms with Crippen LogP contribution in [-0.4, -0.2) is 75.7 Å². The van der Waals surface area contributed by atoms with Gasteiger partial charge in [0.2, 0.25) is 5.91 Å². The highest BCUT2D eigenvalue weighted by molar-refractivity contribution is 5.76. The zero-order valence-corrected chi connectivity index (χ0v) is 11.9. The van der Waals surface area contributed by atoms with E-state index in [1.807, 2.05) is 23.9 Å². The van der Waals surface area contributed by atoms with Crippen LogP contribution in [0.1, 0.15) is 19.3 Å². The van der Waals surface area contributed by atoms with Crippen LogP contribution >= 0.6 is 0 Å². The number of carbonyl (C=O) groups is 1. The fourth-order valence-electron chi connectivity index (χ4n) is 2.18. The summed E-state index contributed by atoms with van der Waals surface area (Å²) in [6.07, 6.45) is 2.97. The molecule has 5 nitrogen and oxygen atoms in total. The number of nitrogens with zero attached hydrogens (tertiary/aromatic N) is 2. The van der Waals surface area contributed by atoms with Gasteiger partial charge in [0.05, 0.1) is 6.61 Å². The van der Waals surface area contributed by atoms with Crippen LogP contribution in [0.3, 0.4) is 0 Å². The number of methoxy groups -OCH3 is 1. The van der Waals surface area contributed by atoms with Gasteiger partial charge in [-0.2, -0.15) is 0 Å². The third-order valence-corrected chi connectivity index (χ3v) is 3.29. The maximum Gasteiger partial charge on any atom is 0.223 e. The number of hydrogen-bond acceptors (Lipinski definition) is 4. The van der Waals surface area contributed by atoms with Gasteiger partial charge in [-0.05, 0) is 33.5 Å². The van der Waals surface area contributed by atoms with Gasteiger partial charge in [0, 0.05) is 39.2 Å². The van der Waals surface area contributed by atoms with Crippen molar-refractivity contribution in [3.63, 3.8) is 0 Å². The molecule has 1 amide bonds. The number of hydrogen-bond donors (Lipinski definition) is 1. The summed E-state index contributed by atoms with van der Waals surface area (Å²) in [6.45, 7) is 4.01. The highest BCUT2D eigenvalue weighted by Crippen LogP contribution is 2.08. The molecule has 1 heterocycles. The van der Waals surface area contributed by atoms with Gasteiger partial charge in [0.15, 0.2) is 0 Å². The highest BCUT2D eigenvalue weighted by atomic mass is 16.5. The molecular formula is C13H27N3O2. The molecule has 1 saturated heterocycles. The Hall–Kier alpha value is -0.650. The molecule has 5 heteroatoms. The second-order valence-electron chi connectivity index (χ2n) is 5.18. The molecule has 0 aromatic rings. The Morgan fingerprint density at radius 1 is 1.39 bits per heavy atom. The molecule has 1 aliphatic rings. The van der Waals surface area contributed by atoms with Crippen LogP contribution in [0, 0.1) is 0 Å². The van der Waals surface area contributed by atoms with Gasteiger partial charge < -0.3 is 19.9 Å². The third-order valence-electron chi connectivity index (χ3n) is 3.29. The van der Waals surface area contributed by atoms with Crippen LogP contribution in [0.15, 0.2) is 0 Å². The monoisotopic (exact) mass is 257 g/mol. The lowest BCUT2D eigenvalue weighted by molar-refractivity contribution is -0.132. The van der Waals surface area contributed by atoms with Gasteiger partial charge in [-0.3, -0.25) is 4.79 Å². The Balaban J connectivity index is 2.39. The molecule has 0 aliphatic carbocycles. The van der Waals surface area contributed by atoms with Crippen molar-refractivity contribution in [3.05, 3.63) is 0 Å². The van der Waals surface area contributed by atoms with Gasteiger partial charge in [-0.25, -0.2) is 0 Å². The predicted octanol–water partition coefficient (Wildman–Crippen LogP) is 0.165. The van der Waals surface area contributed by atoms with Gasteiger partial charge in [0.25, 0.3) is 0 Å². The van der Waals surface area contributed by atoms with Crippen LogP contribution in [0.4, 0.5) is 0 Å². The summed E-state index contributed by atoms with van der Waals surface area (Å²) in [5.74, 6) is 0.231. The molecule has 0 radical (unpaired) electrons. The minimum atomic E-state index is 0.231. The third kappa shape index (κ3) is 5.80. The van der Waals surface area contributed by atoms with Crippen molar-refractivity contribution in [2.45, 2.75) is 25.3 Å². The molecule has 0 aromatic carbocycles. The lowest BCUT2D eigenvalue weighted by Gasteiger charge is -2.26. The van der Waals surface area contributed by atoms with Gasteiger partial charge in [-0.15, -0.1) is 0 Å². The largest absolute Gasteiger partial charge is 0.383 e. The first-order valence-electron chi connectivity index (χ1n) is 6.78. The van der Waals surface area contributed by atoms with Crippen molar-refractivity contribution in [3.8, 4) is 0 Å². The summed E-state index contributed by atoms with van der Waals surface area (Å²) in [5.41, 5.74) is 0. The van der Waals surface area contributed by atoms with Crippen molar-refractivity contribution in [1.82, 2.24) is 15.1 Å². The molecule has 0 bridgehead atoms. The molecule has 1 aliphatic heterocycles. The van der Waals surface area contributed by atoms with Gasteiger partial charge in [-0.1, -0.05) is 0 Å². The predicted molar refractivity (Wildman–Crippen MR) is 72.7 cm³/mol. The minimum absolute atomic E-state index is 0.231. The summed E-state index contributed by atoms with van der Waals surface area (Å²) < 4.78 is 5.09. The molecular weight excluding hydrogens is 230 g/mol. The van der Waals surface area contributed by atoms with E-state index in [4.69, 9.17) is 4.74 Å². The molecule has 0 spiro atoms. The number of nitrogens with one attached hydrogen (secondary N) is 1. The van der Waals surface area contributed by atoms with E-state index in [2.05, 4.69) is 5.32 Å². The van der Waals surface area contributed by atoms with E-state index in [-0.39, 0.29) is 5.91 Å². The van der Waals surface area contributed by atoms with Crippen LogP contribution in [-0.2, 0) is 9.53 Å². The zero-order chi connectivity index (χ0) is 13.4. The first-order valence-corrected chi connectivity index (χ1v) is 6.78. The molecule has 1 atom stereocenters. The van der Waals surface area contributed by atoms with E-state index >= 15 is 0 Å². The number of carbonyl (C=O) groups excluding carboxylic acids is 1. The fourth-order valence-corrected chi connectivity index (χ4v) is 2.18. The first kappa shape index (κ1) is 15.4. The normalized spacial score (nSPS) is 19.4. The Morgan fingerprint density at radius 3 is 2.72 bits per heavy atom. The second-order valence-corrected chi connectivity index (χ2v) is 5.18. The van der Waals surface area contributed by atoms with E-state index in [9.17, 15) is 4.79 Å². The molecule has 1 unspecified atom stereocenters. The Kier molecular flexibility index (Phi) is 7.23. The Bertz CT molecular complexity index is 240. The summed E-state index contributed by atoms with van der Waals surface area (Å²) >= 11 is 0. The van der Waals surface area contributed by atoms with Crippen molar-refractivity contribution in [2.24, 2.45) is 0 Å². The van der Waals surface area contributed by atoms with E-state index in [0.717, 1.165) is 19.6 Å². The number of amides is 1. The number of rotatable bonds is 8. The summed E-state index contributed by atoms with van der Waals surface area (Å²) in [4.78, 5) is 16.1. The van der Waals surface area contributed by atoms with E-state index in [0.29, 0.717) is 25.6 Å². The number of ether oxygens (including phenoxy) is 1. The SMILES string of the molecule is COCCN(CC1CCCN1)C(=O)CCN(C)C. The Labute approximate surface area is 110 Å². The summed E-state index contributed by atoms with van der Waals surface area (Å²) in [5, 5.41) is 3.44. The fraction of sp³-hybridized carbons (Fsp3) is 0.923. The van der Waals surface area contributed by atoms with Gasteiger partial charge in [0.1, 0.15) is 0 Å². The lowest BCUT2D eigenvalue weighted by Crippen LogP contribution is -2.43. The molecule has 0 aromatic heterocycles. The first-order chi connectivity index (χ1) is 8.63. The standard InChI is InChI=1S/C13H27N3O2/c1-15(2)8-6-13(17)16(9-10-18-3)11-12-5-4-7-14-12/h12,14H,4-11H2,1-3H3. The lowest BCUT2D eigenvalue weighted by atomic mass is 10.2. The van der Waals surface area contributed by atoms with E-state index < -0.39 is 0 Å². The van der Waals surface area contributed by atoms with Crippen molar-refractivity contribution in [1.29, 1.82) is 0 Å². The van der Waals surface area contributed by atoms with Gasteiger partial charge >= 0.3 is 0 Å². The summed E-state index contributed by atoms with van der Waals surface area (Å²) in [6, 6.07) is 0.463. The maximum absolute atomic E-state index is 12.2. The quantitative estimate of drug-likeness (QED) is 0.673. The maximum atomic E-state index is 12.2. The second kappa shape index (κ2) is 8.45. The molecule has 0 saturated carbocycles. The van der Waals surface area contributed by atoms with Crippen molar-refractivity contribution in [2.75, 3.05) is 54.0 Å². The van der Waals surface area contributed by atoms with Crippen molar-refractivity contribution < 1.29 is 9.53 Å². The van der Waals surface area contributed by atoms with E-state index in [1.165, 1.54) is 12.8 Å². The molecule has 1 N–H and O–H groups in total. The summed E-state index contributed by atoms with van der Waals surface area (Å²) in [7, 11) is 5.66. The zero-order valence-electron chi connectivity index (χ0n) is 11.9. The molecule has 106 valence electrons. The van der Waals surface area contributed by atoms with Crippen LogP contribution in [0.2, 0.25) is 0 Å². The average molecular weight is 257 g/mol.